The van der Waals surface area contributed by atoms with Gasteiger partial charge in [-0.05, 0) is 19.3 Å². The topological polar surface area (TPSA) is 75.6 Å². The Hall–Kier alpha value is -1.10. The highest BCUT2D eigenvalue weighted by atomic mass is 16.5. The standard InChI is InChI=1S/C11H21NO4/c1-4-6-8(3)10(14)11(15)12-7-9(13)16-5-2/h8,10,14H,4-7H2,1-3H3,(H,12,15). The maximum Gasteiger partial charge on any atom is 0.325 e. The van der Waals surface area contributed by atoms with Crippen LogP contribution in [0.4, 0.5) is 0 Å². The third-order valence-corrected chi connectivity index (χ3v) is 2.26. The van der Waals surface area contributed by atoms with Crippen LogP contribution in [0.1, 0.15) is 33.6 Å². The van der Waals surface area contributed by atoms with E-state index in [1.54, 1.807) is 13.8 Å². The molecule has 0 fully saturated rings. The Morgan fingerprint density at radius 1 is 1.38 bits per heavy atom. The van der Waals surface area contributed by atoms with E-state index in [1.807, 2.05) is 6.92 Å². The minimum absolute atomic E-state index is 0.104. The van der Waals surface area contributed by atoms with E-state index in [2.05, 4.69) is 10.1 Å². The van der Waals surface area contributed by atoms with Gasteiger partial charge >= 0.3 is 5.97 Å². The fraction of sp³-hybridized carbons (Fsp3) is 0.818. The zero-order valence-corrected chi connectivity index (χ0v) is 10.2. The van der Waals surface area contributed by atoms with Crippen molar-refractivity contribution in [2.24, 2.45) is 5.92 Å². The first kappa shape index (κ1) is 14.9. The van der Waals surface area contributed by atoms with Crippen LogP contribution in [0.25, 0.3) is 0 Å². The zero-order chi connectivity index (χ0) is 12.6. The summed E-state index contributed by atoms with van der Waals surface area (Å²) in [5.74, 6) is -1.12. The van der Waals surface area contributed by atoms with Crippen molar-refractivity contribution < 1.29 is 19.4 Å². The molecule has 0 radical (unpaired) electrons. The highest BCUT2D eigenvalue weighted by Crippen LogP contribution is 2.10. The Balaban J connectivity index is 3.91. The maximum absolute atomic E-state index is 11.4. The van der Waals surface area contributed by atoms with Crippen molar-refractivity contribution >= 4 is 11.9 Å². The summed E-state index contributed by atoms with van der Waals surface area (Å²) in [4.78, 5) is 22.3. The van der Waals surface area contributed by atoms with Crippen molar-refractivity contribution in [3.05, 3.63) is 0 Å². The molecule has 2 atom stereocenters. The first-order chi connectivity index (χ1) is 7.52. The second-order valence-corrected chi connectivity index (χ2v) is 3.73. The molecule has 0 aromatic heterocycles. The van der Waals surface area contributed by atoms with Crippen LogP contribution in [0.15, 0.2) is 0 Å². The van der Waals surface area contributed by atoms with Gasteiger partial charge < -0.3 is 15.2 Å². The molecular formula is C11H21NO4. The normalized spacial score (nSPS) is 14.0. The predicted octanol–water partition coefficient (Wildman–Crippen LogP) is 0.463. The van der Waals surface area contributed by atoms with Gasteiger partial charge in [-0.2, -0.15) is 0 Å². The van der Waals surface area contributed by atoms with E-state index in [0.29, 0.717) is 0 Å². The Kier molecular flexibility index (Phi) is 7.54. The number of hydrogen-bond donors (Lipinski definition) is 2. The molecule has 0 saturated carbocycles. The van der Waals surface area contributed by atoms with Gasteiger partial charge in [0.05, 0.1) is 6.61 Å². The quantitative estimate of drug-likeness (QED) is 0.624. The van der Waals surface area contributed by atoms with E-state index in [9.17, 15) is 14.7 Å². The maximum atomic E-state index is 11.4. The van der Waals surface area contributed by atoms with Crippen molar-refractivity contribution in [3.63, 3.8) is 0 Å². The van der Waals surface area contributed by atoms with Crippen molar-refractivity contribution in [1.29, 1.82) is 0 Å². The highest BCUT2D eigenvalue weighted by Gasteiger charge is 2.21. The Morgan fingerprint density at radius 2 is 2.00 bits per heavy atom. The molecule has 94 valence electrons. The number of carbonyl (C=O) groups excluding carboxylic acids is 2. The van der Waals surface area contributed by atoms with Crippen LogP contribution in [0, 0.1) is 5.92 Å². The lowest BCUT2D eigenvalue weighted by Crippen LogP contribution is -2.41. The first-order valence-electron chi connectivity index (χ1n) is 5.64. The Bertz CT molecular complexity index is 230. The van der Waals surface area contributed by atoms with Gasteiger partial charge in [0.1, 0.15) is 12.6 Å². The van der Waals surface area contributed by atoms with Crippen LogP contribution in [0.2, 0.25) is 0 Å². The molecule has 0 aromatic rings. The van der Waals surface area contributed by atoms with E-state index in [-0.39, 0.29) is 19.1 Å². The van der Waals surface area contributed by atoms with Crippen molar-refractivity contribution in [3.8, 4) is 0 Å². The number of amides is 1. The van der Waals surface area contributed by atoms with Gasteiger partial charge in [0, 0.05) is 0 Å². The van der Waals surface area contributed by atoms with E-state index < -0.39 is 18.0 Å². The van der Waals surface area contributed by atoms with Crippen LogP contribution in [-0.4, -0.2) is 36.2 Å². The van der Waals surface area contributed by atoms with Gasteiger partial charge in [-0.25, -0.2) is 0 Å². The van der Waals surface area contributed by atoms with E-state index >= 15 is 0 Å². The fourth-order valence-electron chi connectivity index (χ4n) is 1.35. The molecule has 0 aliphatic rings. The van der Waals surface area contributed by atoms with Gasteiger partial charge in [0.25, 0.3) is 0 Å². The lowest BCUT2D eigenvalue weighted by atomic mass is 9.99. The van der Waals surface area contributed by atoms with Crippen LogP contribution < -0.4 is 5.32 Å². The van der Waals surface area contributed by atoms with Gasteiger partial charge in [-0.15, -0.1) is 0 Å². The molecule has 2 unspecified atom stereocenters. The molecule has 0 heterocycles. The number of nitrogens with one attached hydrogen (secondary N) is 1. The average Bonchev–Trinajstić information content (AvgIpc) is 2.25. The molecule has 0 bridgehead atoms. The molecule has 1 amide bonds. The molecule has 5 heteroatoms. The van der Waals surface area contributed by atoms with Crippen LogP contribution in [-0.2, 0) is 14.3 Å². The smallest absolute Gasteiger partial charge is 0.325 e. The minimum atomic E-state index is -1.06. The summed E-state index contributed by atoms with van der Waals surface area (Å²) >= 11 is 0. The average molecular weight is 231 g/mol. The number of aliphatic hydroxyl groups excluding tert-OH is 1. The van der Waals surface area contributed by atoms with Gasteiger partial charge in [-0.3, -0.25) is 9.59 Å². The van der Waals surface area contributed by atoms with Gasteiger partial charge in [0.15, 0.2) is 0 Å². The third kappa shape index (κ3) is 5.70. The molecule has 0 aromatic carbocycles. The number of ether oxygens (including phenoxy) is 1. The SMILES string of the molecule is CCCC(C)C(O)C(=O)NCC(=O)OCC. The molecule has 0 spiro atoms. The van der Waals surface area contributed by atoms with E-state index in [4.69, 9.17) is 0 Å². The molecular weight excluding hydrogens is 210 g/mol. The number of aliphatic hydroxyl groups is 1. The number of carbonyl (C=O) groups is 2. The summed E-state index contributed by atoms with van der Waals surface area (Å²) in [7, 11) is 0. The first-order valence-corrected chi connectivity index (χ1v) is 5.64. The van der Waals surface area contributed by atoms with Crippen LogP contribution >= 0.6 is 0 Å². The molecule has 0 aliphatic carbocycles. The lowest BCUT2D eigenvalue weighted by Gasteiger charge is -2.17. The summed E-state index contributed by atoms with van der Waals surface area (Å²) in [6.45, 7) is 5.57. The zero-order valence-electron chi connectivity index (χ0n) is 10.2. The van der Waals surface area contributed by atoms with Crippen LogP contribution in [0.5, 0.6) is 0 Å². The largest absolute Gasteiger partial charge is 0.465 e. The lowest BCUT2D eigenvalue weighted by molar-refractivity contribution is -0.144. The monoisotopic (exact) mass is 231 g/mol. The molecule has 0 aliphatic heterocycles. The summed E-state index contributed by atoms with van der Waals surface area (Å²) in [6, 6.07) is 0. The minimum Gasteiger partial charge on any atom is -0.465 e. The van der Waals surface area contributed by atoms with E-state index in [0.717, 1.165) is 12.8 Å². The molecule has 5 nitrogen and oxygen atoms in total. The van der Waals surface area contributed by atoms with Crippen molar-refractivity contribution in [2.75, 3.05) is 13.2 Å². The summed E-state index contributed by atoms with van der Waals surface area (Å²) < 4.78 is 4.64. The van der Waals surface area contributed by atoms with Gasteiger partial charge in [0.2, 0.25) is 5.91 Å². The predicted molar refractivity (Wildman–Crippen MR) is 59.7 cm³/mol. The number of rotatable bonds is 7. The molecule has 2 N–H and O–H groups in total. The molecule has 16 heavy (non-hydrogen) atoms. The van der Waals surface area contributed by atoms with Gasteiger partial charge in [-0.1, -0.05) is 20.3 Å². The fourth-order valence-corrected chi connectivity index (χ4v) is 1.35. The number of esters is 1. The van der Waals surface area contributed by atoms with Crippen molar-refractivity contribution in [2.45, 2.75) is 39.7 Å². The number of hydrogen-bond acceptors (Lipinski definition) is 4. The Morgan fingerprint density at radius 3 is 2.50 bits per heavy atom. The molecule has 0 saturated heterocycles. The van der Waals surface area contributed by atoms with Crippen LogP contribution in [0.3, 0.4) is 0 Å². The summed E-state index contributed by atoms with van der Waals surface area (Å²) in [5, 5.41) is 11.9. The molecule has 0 rings (SSSR count). The highest BCUT2D eigenvalue weighted by molar-refractivity contribution is 5.84. The second kappa shape index (κ2) is 8.10. The summed E-state index contributed by atoms with van der Waals surface area (Å²) in [6.07, 6.45) is 0.617. The Labute approximate surface area is 96.2 Å². The summed E-state index contributed by atoms with van der Waals surface area (Å²) in [5.41, 5.74) is 0. The van der Waals surface area contributed by atoms with E-state index in [1.165, 1.54) is 0 Å². The van der Waals surface area contributed by atoms with Crippen molar-refractivity contribution in [1.82, 2.24) is 5.32 Å². The second-order valence-electron chi connectivity index (χ2n) is 3.73. The third-order valence-electron chi connectivity index (χ3n) is 2.26.